The molecule has 0 saturated carbocycles. The Hall–Kier alpha value is -2.19. The number of thiophene rings is 1. The van der Waals surface area contributed by atoms with Gasteiger partial charge >= 0.3 is 0 Å². The molecule has 3 N–H and O–H groups in total. The number of aromatic nitrogens is 1. The zero-order valence-corrected chi connectivity index (χ0v) is 14.5. The second-order valence-electron chi connectivity index (χ2n) is 5.25. The number of carbonyl (C=O) groups excluding carboxylic acids is 1. The Morgan fingerprint density at radius 2 is 1.96 bits per heavy atom. The van der Waals surface area contributed by atoms with Gasteiger partial charge in [0.05, 0.1) is 35.0 Å². The van der Waals surface area contributed by atoms with E-state index in [0.717, 1.165) is 10.1 Å². The van der Waals surface area contributed by atoms with Crippen molar-refractivity contribution >= 4 is 38.9 Å². The van der Waals surface area contributed by atoms with E-state index in [1.807, 2.05) is 0 Å². The van der Waals surface area contributed by atoms with E-state index in [1.165, 1.54) is 11.3 Å². The molecule has 0 unspecified atom stereocenters. The number of pyridine rings is 1. The van der Waals surface area contributed by atoms with Gasteiger partial charge in [0.1, 0.15) is 5.75 Å². The van der Waals surface area contributed by atoms with Crippen molar-refractivity contribution in [1.29, 1.82) is 0 Å². The number of hydrogen-bond acceptors (Lipinski definition) is 6. The van der Waals surface area contributed by atoms with Crippen molar-refractivity contribution in [2.24, 2.45) is 0 Å². The van der Waals surface area contributed by atoms with E-state index in [0.29, 0.717) is 21.4 Å². The summed E-state index contributed by atoms with van der Waals surface area (Å²) in [6, 6.07) is 7.94. The number of carbonyl (C=O) groups is 1. The van der Waals surface area contributed by atoms with Crippen molar-refractivity contribution in [1.82, 2.24) is 10.3 Å². The molecule has 1 aromatic carbocycles. The lowest BCUT2D eigenvalue weighted by Crippen LogP contribution is -2.39. The largest absolute Gasteiger partial charge is 0.455 e. The maximum atomic E-state index is 12.3. The molecule has 0 bridgehead atoms. The van der Waals surface area contributed by atoms with Gasteiger partial charge in [0, 0.05) is 16.6 Å². The molecule has 0 fully saturated rings. The number of hydrogen-bond donors (Lipinski definition) is 3. The van der Waals surface area contributed by atoms with Crippen LogP contribution in [-0.2, 0) is 0 Å². The summed E-state index contributed by atoms with van der Waals surface area (Å²) in [4.78, 5) is 16.8. The Morgan fingerprint density at radius 1 is 1.24 bits per heavy atom. The minimum Gasteiger partial charge on any atom is -0.455 e. The van der Waals surface area contributed by atoms with Crippen LogP contribution in [0.2, 0.25) is 5.02 Å². The average Bonchev–Trinajstić information content (AvgIpc) is 3.07. The van der Waals surface area contributed by atoms with Gasteiger partial charge < -0.3 is 20.3 Å². The van der Waals surface area contributed by atoms with E-state index < -0.39 is 6.04 Å². The maximum Gasteiger partial charge on any atom is 0.261 e. The molecule has 1 amide bonds. The maximum absolute atomic E-state index is 12.3. The van der Waals surface area contributed by atoms with E-state index in [9.17, 15) is 4.79 Å². The molecular weight excluding hydrogens is 364 g/mol. The van der Waals surface area contributed by atoms with Crippen LogP contribution in [0.3, 0.4) is 0 Å². The number of nitrogens with zero attached hydrogens (tertiary/aromatic N) is 1. The third-order valence-electron chi connectivity index (χ3n) is 3.45. The van der Waals surface area contributed by atoms with Crippen molar-refractivity contribution in [3.63, 3.8) is 0 Å². The molecule has 0 spiro atoms. The monoisotopic (exact) mass is 378 g/mol. The molecule has 25 heavy (non-hydrogen) atoms. The molecule has 2 heterocycles. The van der Waals surface area contributed by atoms with Crippen LogP contribution in [0.25, 0.3) is 10.1 Å². The van der Waals surface area contributed by atoms with Crippen LogP contribution in [0.5, 0.6) is 11.5 Å². The van der Waals surface area contributed by atoms with Crippen molar-refractivity contribution in [2.45, 2.75) is 6.04 Å². The summed E-state index contributed by atoms with van der Waals surface area (Å²) in [5, 5.41) is 22.1. The lowest BCUT2D eigenvalue weighted by atomic mass is 10.2. The molecule has 130 valence electrons. The predicted octanol–water partition coefficient (Wildman–Crippen LogP) is 2.83. The molecule has 0 radical (unpaired) electrons. The molecule has 0 saturated heterocycles. The molecule has 3 rings (SSSR count). The number of amides is 1. The molecule has 0 aliphatic rings. The number of ether oxygens (including phenoxy) is 1. The Balaban J connectivity index is 1.87. The van der Waals surface area contributed by atoms with Crippen LogP contribution in [0.4, 0.5) is 0 Å². The number of halogens is 1. The fourth-order valence-electron chi connectivity index (χ4n) is 2.16. The van der Waals surface area contributed by atoms with Gasteiger partial charge in [0.15, 0.2) is 5.75 Å². The molecule has 0 aliphatic heterocycles. The summed E-state index contributed by atoms with van der Waals surface area (Å²) >= 11 is 7.12. The third-order valence-corrected chi connectivity index (χ3v) is 4.77. The van der Waals surface area contributed by atoms with Gasteiger partial charge in [-0.05, 0) is 30.3 Å². The van der Waals surface area contributed by atoms with Gasteiger partial charge in [0.25, 0.3) is 5.91 Å². The van der Waals surface area contributed by atoms with Gasteiger partial charge in [-0.2, -0.15) is 0 Å². The number of fused-ring (bicyclic) bond motifs is 1. The van der Waals surface area contributed by atoms with Gasteiger partial charge in [0.2, 0.25) is 0 Å². The SMILES string of the molecule is O=C(NC(CO)CO)c1cc2c(Oc3ccc(Cl)cc3)cncc2s1. The summed E-state index contributed by atoms with van der Waals surface area (Å²) in [7, 11) is 0. The molecule has 0 atom stereocenters. The molecule has 2 aromatic heterocycles. The molecule has 3 aromatic rings. The fourth-order valence-corrected chi connectivity index (χ4v) is 3.24. The van der Waals surface area contributed by atoms with Crippen molar-refractivity contribution < 1.29 is 19.7 Å². The van der Waals surface area contributed by atoms with E-state index in [2.05, 4.69) is 10.3 Å². The minimum atomic E-state index is -0.694. The van der Waals surface area contributed by atoms with E-state index >= 15 is 0 Å². The number of nitrogens with one attached hydrogen (secondary N) is 1. The second kappa shape index (κ2) is 7.79. The first-order chi connectivity index (χ1) is 12.1. The van der Waals surface area contributed by atoms with Crippen molar-refractivity contribution in [3.8, 4) is 11.5 Å². The van der Waals surface area contributed by atoms with Crippen LogP contribution in [-0.4, -0.2) is 40.4 Å². The average molecular weight is 379 g/mol. The van der Waals surface area contributed by atoms with E-state index in [-0.39, 0.29) is 19.1 Å². The highest BCUT2D eigenvalue weighted by molar-refractivity contribution is 7.20. The Bertz CT molecular complexity index is 878. The first-order valence-electron chi connectivity index (χ1n) is 7.44. The normalized spacial score (nSPS) is 11.0. The highest BCUT2D eigenvalue weighted by Gasteiger charge is 2.16. The second-order valence-corrected chi connectivity index (χ2v) is 6.77. The molecule has 8 heteroatoms. The van der Waals surface area contributed by atoms with Crippen molar-refractivity contribution in [2.75, 3.05) is 13.2 Å². The summed E-state index contributed by atoms with van der Waals surface area (Å²) in [5.74, 6) is 0.763. The zero-order valence-electron chi connectivity index (χ0n) is 13.0. The first-order valence-corrected chi connectivity index (χ1v) is 8.63. The summed E-state index contributed by atoms with van der Waals surface area (Å²) in [6.45, 7) is -0.667. The number of aliphatic hydroxyl groups excluding tert-OH is 2. The lowest BCUT2D eigenvalue weighted by Gasteiger charge is -2.11. The van der Waals surface area contributed by atoms with Crippen LogP contribution in [0.15, 0.2) is 42.7 Å². The Morgan fingerprint density at radius 3 is 2.64 bits per heavy atom. The Kier molecular flexibility index (Phi) is 5.50. The number of aliphatic hydroxyl groups is 2. The third kappa shape index (κ3) is 4.08. The highest BCUT2D eigenvalue weighted by Crippen LogP contribution is 2.34. The van der Waals surface area contributed by atoms with Crippen LogP contribution >= 0.6 is 22.9 Å². The summed E-state index contributed by atoms with van der Waals surface area (Å²) in [6.07, 6.45) is 3.23. The topological polar surface area (TPSA) is 91.7 Å². The predicted molar refractivity (Wildman–Crippen MR) is 96.6 cm³/mol. The zero-order chi connectivity index (χ0) is 17.8. The Labute approximate surface area is 152 Å². The smallest absolute Gasteiger partial charge is 0.261 e. The van der Waals surface area contributed by atoms with Crippen LogP contribution in [0, 0.1) is 0 Å². The van der Waals surface area contributed by atoms with Gasteiger partial charge in [-0.1, -0.05) is 11.6 Å². The molecule has 6 nitrogen and oxygen atoms in total. The van der Waals surface area contributed by atoms with Gasteiger partial charge in [-0.25, -0.2) is 0 Å². The molecular formula is C17H15ClN2O4S. The highest BCUT2D eigenvalue weighted by atomic mass is 35.5. The summed E-state index contributed by atoms with van der Waals surface area (Å²) < 4.78 is 6.63. The van der Waals surface area contributed by atoms with E-state index in [1.54, 1.807) is 42.7 Å². The van der Waals surface area contributed by atoms with Gasteiger partial charge in [-0.3, -0.25) is 9.78 Å². The number of benzene rings is 1. The van der Waals surface area contributed by atoms with Crippen molar-refractivity contribution in [3.05, 3.63) is 52.6 Å². The number of rotatable bonds is 6. The minimum absolute atomic E-state index is 0.334. The standard InChI is InChI=1S/C17H15ClN2O4S/c18-10-1-3-12(4-2-10)24-14-6-19-7-16-13(14)5-15(25-16)17(23)20-11(8-21)9-22/h1-7,11,21-22H,8-9H2,(H,20,23). The first kappa shape index (κ1) is 17.6. The van der Waals surface area contributed by atoms with Crippen LogP contribution < -0.4 is 10.1 Å². The van der Waals surface area contributed by atoms with Gasteiger partial charge in [-0.15, -0.1) is 11.3 Å². The fraction of sp³-hybridized carbons (Fsp3) is 0.176. The lowest BCUT2D eigenvalue weighted by molar-refractivity contribution is 0.0883. The van der Waals surface area contributed by atoms with E-state index in [4.69, 9.17) is 26.6 Å². The quantitative estimate of drug-likeness (QED) is 0.613. The summed E-state index contributed by atoms with van der Waals surface area (Å²) in [5.41, 5.74) is 0. The molecule has 0 aliphatic carbocycles. The van der Waals surface area contributed by atoms with Crippen LogP contribution in [0.1, 0.15) is 9.67 Å².